The SMILES string of the molecule is CC1(O)CN(C(=O)Nc2cnn3ccc(N4CCCC4c4cc(F)ccc4Cl)nc23)C1. The van der Waals surface area contributed by atoms with Crippen molar-refractivity contribution >= 4 is 34.8 Å². The van der Waals surface area contributed by atoms with E-state index in [1.807, 2.05) is 6.07 Å². The molecule has 1 unspecified atom stereocenters. The molecular formula is C21H22ClFN6O2. The predicted molar refractivity (Wildman–Crippen MR) is 115 cm³/mol. The second-order valence-electron chi connectivity index (χ2n) is 8.41. The number of carbonyl (C=O) groups is 1. The molecule has 4 heterocycles. The standard InChI is InChI=1S/C21H22ClFN6O2/c1-21(31)11-27(12-21)20(30)25-16-10-24-29-8-6-18(26-19(16)29)28-7-2-3-17(28)14-9-13(23)4-5-15(14)22/h4-6,8-10,17,31H,2-3,7,11-12H2,1H3,(H,25,30). The van der Waals surface area contributed by atoms with Crippen LogP contribution in [-0.2, 0) is 0 Å². The van der Waals surface area contributed by atoms with E-state index in [0.717, 1.165) is 24.9 Å². The number of aromatic nitrogens is 3. The van der Waals surface area contributed by atoms with E-state index in [2.05, 4.69) is 15.3 Å². The summed E-state index contributed by atoms with van der Waals surface area (Å²) in [5.74, 6) is 0.388. The molecule has 2 amide bonds. The Morgan fingerprint density at radius 3 is 2.94 bits per heavy atom. The molecule has 0 saturated carbocycles. The van der Waals surface area contributed by atoms with Gasteiger partial charge in [0, 0.05) is 17.8 Å². The van der Waals surface area contributed by atoms with Crippen LogP contribution in [0.25, 0.3) is 5.65 Å². The van der Waals surface area contributed by atoms with Gasteiger partial charge in [-0.3, -0.25) is 0 Å². The lowest BCUT2D eigenvalue weighted by molar-refractivity contribution is -0.0581. The summed E-state index contributed by atoms with van der Waals surface area (Å²) >= 11 is 6.36. The van der Waals surface area contributed by atoms with Crippen LogP contribution in [0.1, 0.15) is 31.4 Å². The fraction of sp³-hybridized carbons (Fsp3) is 0.381. The van der Waals surface area contributed by atoms with Crippen molar-refractivity contribution in [2.75, 3.05) is 29.9 Å². The Morgan fingerprint density at radius 2 is 2.16 bits per heavy atom. The Hall–Kier alpha value is -2.91. The molecule has 0 spiro atoms. The van der Waals surface area contributed by atoms with Gasteiger partial charge in [-0.15, -0.1) is 0 Å². The Bertz CT molecular complexity index is 1160. The molecule has 2 N–H and O–H groups in total. The van der Waals surface area contributed by atoms with E-state index < -0.39 is 5.60 Å². The van der Waals surface area contributed by atoms with Crippen LogP contribution >= 0.6 is 11.6 Å². The van der Waals surface area contributed by atoms with Crippen LogP contribution in [0.4, 0.5) is 20.7 Å². The van der Waals surface area contributed by atoms with Crippen molar-refractivity contribution in [2.24, 2.45) is 0 Å². The van der Waals surface area contributed by atoms with E-state index in [1.54, 1.807) is 29.9 Å². The number of likely N-dealkylation sites (tertiary alicyclic amines) is 1. The van der Waals surface area contributed by atoms with Crippen LogP contribution < -0.4 is 10.2 Å². The molecule has 1 aromatic carbocycles. The first-order valence-corrected chi connectivity index (χ1v) is 10.5. The van der Waals surface area contributed by atoms with Gasteiger partial charge in [0.15, 0.2) is 5.65 Å². The zero-order valence-electron chi connectivity index (χ0n) is 16.9. The molecule has 8 nitrogen and oxygen atoms in total. The van der Waals surface area contributed by atoms with Crippen LogP contribution in [0.5, 0.6) is 0 Å². The van der Waals surface area contributed by atoms with Crippen molar-refractivity contribution in [1.82, 2.24) is 19.5 Å². The zero-order valence-corrected chi connectivity index (χ0v) is 17.7. The summed E-state index contributed by atoms with van der Waals surface area (Å²) in [7, 11) is 0. The van der Waals surface area contributed by atoms with Crippen molar-refractivity contribution in [3.63, 3.8) is 0 Å². The van der Waals surface area contributed by atoms with Gasteiger partial charge >= 0.3 is 6.03 Å². The highest BCUT2D eigenvalue weighted by atomic mass is 35.5. The Balaban J connectivity index is 1.42. The minimum Gasteiger partial charge on any atom is -0.386 e. The molecule has 2 aliphatic heterocycles. The van der Waals surface area contributed by atoms with E-state index in [9.17, 15) is 14.3 Å². The number of benzene rings is 1. The van der Waals surface area contributed by atoms with Crippen molar-refractivity contribution < 1.29 is 14.3 Å². The number of urea groups is 1. The summed E-state index contributed by atoms with van der Waals surface area (Å²) in [5.41, 5.74) is 0.895. The first kappa shape index (κ1) is 20.0. The number of amides is 2. The Kier molecular flexibility index (Phi) is 4.75. The number of nitrogens with one attached hydrogen (secondary N) is 1. The fourth-order valence-electron chi connectivity index (χ4n) is 4.36. The second-order valence-corrected chi connectivity index (χ2v) is 8.82. The van der Waals surface area contributed by atoms with E-state index in [4.69, 9.17) is 16.6 Å². The first-order valence-electron chi connectivity index (χ1n) is 10.1. The quantitative estimate of drug-likeness (QED) is 0.646. The summed E-state index contributed by atoms with van der Waals surface area (Å²) in [6.07, 6.45) is 5.10. The highest BCUT2D eigenvalue weighted by Crippen LogP contribution is 2.39. The number of aliphatic hydroxyl groups is 1. The minimum absolute atomic E-state index is 0.0811. The van der Waals surface area contributed by atoms with Crippen LogP contribution in [0.3, 0.4) is 0 Å². The number of hydrogen-bond donors (Lipinski definition) is 2. The molecule has 2 fully saturated rings. The third-order valence-electron chi connectivity index (χ3n) is 5.81. The number of carbonyl (C=O) groups excluding carboxylic acids is 1. The molecule has 2 saturated heterocycles. The van der Waals surface area contributed by atoms with Crippen LogP contribution in [-0.4, -0.2) is 55.9 Å². The average molecular weight is 445 g/mol. The molecule has 162 valence electrons. The van der Waals surface area contributed by atoms with E-state index in [-0.39, 0.29) is 31.0 Å². The van der Waals surface area contributed by atoms with Gasteiger partial charge in [0.25, 0.3) is 0 Å². The van der Waals surface area contributed by atoms with E-state index >= 15 is 0 Å². The monoisotopic (exact) mass is 444 g/mol. The van der Waals surface area contributed by atoms with Crippen LogP contribution in [0.15, 0.2) is 36.7 Å². The first-order chi connectivity index (χ1) is 14.8. The summed E-state index contributed by atoms with van der Waals surface area (Å²) in [6, 6.07) is 5.88. The molecule has 31 heavy (non-hydrogen) atoms. The van der Waals surface area contributed by atoms with Gasteiger partial charge in [-0.25, -0.2) is 18.7 Å². The number of halogens is 2. The van der Waals surface area contributed by atoms with Crippen LogP contribution in [0.2, 0.25) is 5.02 Å². The third kappa shape index (κ3) is 3.68. The average Bonchev–Trinajstić information content (AvgIpc) is 3.35. The zero-order chi connectivity index (χ0) is 21.8. The van der Waals surface area contributed by atoms with Gasteiger partial charge in [-0.1, -0.05) is 11.6 Å². The number of rotatable bonds is 3. The van der Waals surface area contributed by atoms with Crippen molar-refractivity contribution in [2.45, 2.75) is 31.4 Å². The molecule has 10 heteroatoms. The molecule has 1 atom stereocenters. The summed E-state index contributed by atoms with van der Waals surface area (Å²) < 4.78 is 15.4. The molecule has 0 aliphatic carbocycles. The summed E-state index contributed by atoms with van der Waals surface area (Å²) in [4.78, 5) is 20.8. The smallest absolute Gasteiger partial charge is 0.322 e. The fourth-order valence-corrected chi connectivity index (χ4v) is 4.60. The molecule has 5 rings (SSSR count). The normalized spacial score (nSPS) is 20.2. The Labute approximate surface area is 183 Å². The molecule has 0 radical (unpaired) electrons. The molecule has 2 aliphatic rings. The summed E-state index contributed by atoms with van der Waals surface area (Å²) in [6.45, 7) is 3.01. The van der Waals surface area contributed by atoms with Gasteiger partial charge in [-0.05, 0) is 49.6 Å². The molecule has 0 bridgehead atoms. The molecule has 3 aromatic rings. The van der Waals surface area contributed by atoms with Crippen molar-refractivity contribution in [3.8, 4) is 0 Å². The number of hydrogen-bond acceptors (Lipinski definition) is 5. The van der Waals surface area contributed by atoms with E-state index in [0.29, 0.717) is 22.2 Å². The maximum atomic E-state index is 13.9. The predicted octanol–water partition coefficient (Wildman–Crippen LogP) is 3.46. The Morgan fingerprint density at radius 1 is 1.35 bits per heavy atom. The summed E-state index contributed by atoms with van der Waals surface area (Å²) in [5, 5.41) is 17.5. The van der Waals surface area contributed by atoms with Gasteiger partial charge in [0.1, 0.15) is 17.3 Å². The minimum atomic E-state index is -0.840. The number of anilines is 2. The number of fused-ring (bicyclic) bond motifs is 1. The lowest BCUT2D eigenvalue weighted by atomic mass is 9.98. The lowest BCUT2D eigenvalue weighted by Gasteiger charge is -2.43. The van der Waals surface area contributed by atoms with E-state index in [1.165, 1.54) is 17.0 Å². The maximum absolute atomic E-state index is 13.9. The molecular weight excluding hydrogens is 423 g/mol. The lowest BCUT2D eigenvalue weighted by Crippen LogP contribution is -2.62. The van der Waals surface area contributed by atoms with Gasteiger partial charge in [0.05, 0.1) is 30.9 Å². The van der Waals surface area contributed by atoms with Gasteiger partial charge < -0.3 is 20.2 Å². The van der Waals surface area contributed by atoms with Gasteiger partial charge in [-0.2, -0.15) is 5.10 Å². The topological polar surface area (TPSA) is 86.0 Å². The largest absolute Gasteiger partial charge is 0.386 e. The third-order valence-corrected chi connectivity index (χ3v) is 6.15. The van der Waals surface area contributed by atoms with Crippen LogP contribution in [0, 0.1) is 5.82 Å². The number of β-amino-alcohol motifs (C(OH)–C–C–N with tert-alkyl or cyclic N) is 1. The maximum Gasteiger partial charge on any atom is 0.322 e. The highest BCUT2D eigenvalue weighted by Gasteiger charge is 2.39. The number of nitrogens with zero attached hydrogens (tertiary/aromatic N) is 5. The van der Waals surface area contributed by atoms with Gasteiger partial charge in [0.2, 0.25) is 0 Å². The van der Waals surface area contributed by atoms with Crippen molar-refractivity contribution in [1.29, 1.82) is 0 Å². The highest BCUT2D eigenvalue weighted by molar-refractivity contribution is 6.31. The second kappa shape index (κ2) is 7.35. The van der Waals surface area contributed by atoms with Crippen molar-refractivity contribution in [3.05, 3.63) is 53.1 Å². The molecule has 2 aromatic heterocycles.